The normalized spacial score (nSPS) is 10.0. The Kier molecular flexibility index (Phi) is 5.10. The molecule has 1 aromatic carbocycles. The van der Waals surface area contributed by atoms with Gasteiger partial charge in [-0.05, 0) is 24.6 Å². The van der Waals surface area contributed by atoms with Crippen LogP contribution in [0.5, 0.6) is 17.8 Å². The van der Waals surface area contributed by atoms with Crippen molar-refractivity contribution < 1.29 is 14.2 Å². The summed E-state index contributed by atoms with van der Waals surface area (Å²) in [6.45, 7) is 2.58. The van der Waals surface area contributed by atoms with Gasteiger partial charge in [0.15, 0.2) is 0 Å². The van der Waals surface area contributed by atoms with Crippen LogP contribution in [-0.2, 0) is 6.61 Å². The fourth-order valence-electron chi connectivity index (χ4n) is 1.53. The van der Waals surface area contributed by atoms with Crippen LogP contribution < -0.4 is 25.5 Å². The van der Waals surface area contributed by atoms with Crippen LogP contribution in [0.2, 0.25) is 0 Å². The molecule has 0 fully saturated rings. The molecule has 8 heteroatoms. The fourth-order valence-corrected chi connectivity index (χ4v) is 1.53. The lowest BCUT2D eigenvalue weighted by atomic mass is 10.2. The van der Waals surface area contributed by atoms with Crippen molar-refractivity contribution in [2.24, 2.45) is 5.84 Å². The Bertz CT molecular complexity index is 577. The maximum atomic E-state index is 5.52. The summed E-state index contributed by atoms with van der Waals surface area (Å²) in [6.07, 6.45) is 0. The zero-order valence-corrected chi connectivity index (χ0v) is 11.9. The molecule has 0 aliphatic heterocycles. The number of anilines is 1. The number of nitrogen functional groups attached to an aromatic ring is 1. The SMILES string of the molecule is CCOc1nc(NN)nc(OCc2ccc(OC)cc2)n1. The molecule has 2 rings (SSSR count). The first-order valence-corrected chi connectivity index (χ1v) is 6.36. The van der Waals surface area contributed by atoms with Crippen LogP contribution in [0, 0.1) is 0 Å². The first-order valence-electron chi connectivity index (χ1n) is 6.36. The molecular formula is C13H17N5O3. The predicted molar refractivity (Wildman–Crippen MR) is 76.1 cm³/mol. The Morgan fingerprint density at radius 3 is 2.29 bits per heavy atom. The van der Waals surface area contributed by atoms with E-state index in [-0.39, 0.29) is 18.0 Å². The number of hydrogen-bond donors (Lipinski definition) is 2. The van der Waals surface area contributed by atoms with Crippen molar-refractivity contribution in [3.8, 4) is 17.8 Å². The highest BCUT2D eigenvalue weighted by Crippen LogP contribution is 2.15. The van der Waals surface area contributed by atoms with Gasteiger partial charge in [0.2, 0.25) is 5.95 Å². The van der Waals surface area contributed by atoms with E-state index >= 15 is 0 Å². The molecule has 112 valence electrons. The van der Waals surface area contributed by atoms with E-state index in [9.17, 15) is 0 Å². The second-order valence-corrected chi connectivity index (χ2v) is 3.94. The van der Waals surface area contributed by atoms with Crippen LogP contribution in [0.4, 0.5) is 5.95 Å². The van der Waals surface area contributed by atoms with Crippen LogP contribution in [0.3, 0.4) is 0 Å². The van der Waals surface area contributed by atoms with Gasteiger partial charge in [-0.25, -0.2) is 5.84 Å². The zero-order valence-electron chi connectivity index (χ0n) is 11.9. The molecule has 0 aliphatic carbocycles. The van der Waals surface area contributed by atoms with E-state index in [2.05, 4.69) is 20.4 Å². The third-order valence-corrected chi connectivity index (χ3v) is 2.52. The van der Waals surface area contributed by atoms with Crippen LogP contribution in [0.1, 0.15) is 12.5 Å². The van der Waals surface area contributed by atoms with Gasteiger partial charge in [-0.2, -0.15) is 9.97 Å². The van der Waals surface area contributed by atoms with Gasteiger partial charge in [0.1, 0.15) is 12.4 Å². The Hall–Kier alpha value is -2.61. The fraction of sp³-hybridized carbons (Fsp3) is 0.308. The van der Waals surface area contributed by atoms with Crippen molar-refractivity contribution in [1.82, 2.24) is 15.0 Å². The molecule has 0 saturated heterocycles. The van der Waals surface area contributed by atoms with Gasteiger partial charge >= 0.3 is 12.0 Å². The molecule has 1 heterocycles. The average molecular weight is 291 g/mol. The maximum absolute atomic E-state index is 5.52. The van der Waals surface area contributed by atoms with E-state index in [1.165, 1.54) is 0 Å². The van der Waals surface area contributed by atoms with Gasteiger partial charge in [-0.1, -0.05) is 12.1 Å². The van der Waals surface area contributed by atoms with Crippen LogP contribution in [-0.4, -0.2) is 28.7 Å². The number of hydrogen-bond acceptors (Lipinski definition) is 8. The molecule has 8 nitrogen and oxygen atoms in total. The molecule has 0 saturated carbocycles. The molecule has 0 aliphatic rings. The molecule has 0 atom stereocenters. The predicted octanol–water partition coefficient (Wildman–Crippen LogP) is 1.14. The van der Waals surface area contributed by atoms with Crippen molar-refractivity contribution in [2.45, 2.75) is 13.5 Å². The van der Waals surface area contributed by atoms with Gasteiger partial charge in [0.05, 0.1) is 13.7 Å². The number of nitrogens with two attached hydrogens (primary N) is 1. The summed E-state index contributed by atoms with van der Waals surface area (Å²) in [5, 5.41) is 0. The Balaban J connectivity index is 2.05. The first-order chi connectivity index (χ1) is 10.2. The summed E-state index contributed by atoms with van der Waals surface area (Å²) in [5.41, 5.74) is 3.30. The van der Waals surface area contributed by atoms with E-state index in [0.717, 1.165) is 11.3 Å². The van der Waals surface area contributed by atoms with Crippen molar-refractivity contribution in [2.75, 3.05) is 19.1 Å². The van der Waals surface area contributed by atoms with E-state index in [1.54, 1.807) is 7.11 Å². The van der Waals surface area contributed by atoms with Crippen molar-refractivity contribution in [3.05, 3.63) is 29.8 Å². The topological polar surface area (TPSA) is 104 Å². The molecule has 21 heavy (non-hydrogen) atoms. The minimum absolute atomic E-state index is 0.136. The molecule has 0 amide bonds. The lowest BCUT2D eigenvalue weighted by molar-refractivity contribution is 0.261. The number of methoxy groups -OCH3 is 1. The smallest absolute Gasteiger partial charge is 0.324 e. The molecular weight excluding hydrogens is 274 g/mol. The highest BCUT2D eigenvalue weighted by atomic mass is 16.5. The maximum Gasteiger partial charge on any atom is 0.324 e. The van der Waals surface area contributed by atoms with Crippen molar-refractivity contribution in [1.29, 1.82) is 0 Å². The van der Waals surface area contributed by atoms with Crippen LogP contribution >= 0.6 is 0 Å². The number of benzene rings is 1. The number of nitrogens with one attached hydrogen (secondary N) is 1. The molecule has 0 unspecified atom stereocenters. The Labute approximate surface area is 122 Å². The lowest BCUT2D eigenvalue weighted by Gasteiger charge is -2.08. The summed E-state index contributed by atoms with van der Waals surface area (Å²) < 4.78 is 15.8. The quantitative estimate of drug-likeness (QED) is 0.578. The summed E-state index contributed by atoms with van der Waals surface area (Å²) in [5.74, 6) is 6.26. The molecule has 3 N–H and O–H groups in total. The standard InChI is InChI=1S/C13H17N5O3/c1-3-20-12-15-11(18-14)16-13(17-12)21-8-9-4-6-10(19-2)7-5-9/h4-7H,3,8,14H2,1-2H3,(H,15,16,17,18). The summed E-state index contributed by atoms with van der Waals surface area (Å²) in [7, 11) is 1.62. The summed E-state index contributed by atoms with van der Waals surface area (Å²) in [6, 6.07) is 7.79. The summed E-state index contributed by atoms with van der Waals surface area (Å²) >= 11 is 0. The van der Waals surface area contributed by atoms with E-state index in [0.29, 0.717) is 13.2 Å². The van der Waals surface area contributed by atoms with Gasteiger partial charge in [0.25, 0.3) is 0 Å². The molecule has 0 radical (unpaired) electrons. The Morgan fingerprint density at radius 1 is 1.05 bits per heavy atom. The van der Waals surface area contributed by atoms with E-state index < -0.39 is 0 Å². The highest BCUT2D eigenvalue weighted by molar-refractivity contribution is 5.28. The number of aromatic nitrogens is 3. The van der Waals surface area contributed by atoms with Crippen molar-refractivity contribution >= 4 is 5.95 Å². The monoisotopic (exact) mass is 291 g/mol. The van der Waals surface area contributed by atoms with Crippen LogP contribution in [0.15, 0.2) is 24.3 Å². The van der Waals surface area contributed by atoms with Gasteiger partial charge < -0.3 is 14.2 Å². The van der Waals surface area contributed by atoms with Gasteiger partial charge in [0, 0.05) is 0 Å². The molecule has 0 bridgehead atoms. The summed E-state index contributed by atoms with van der Waals surface area (Å²) in [4.78, 5) is 12.0. The minimum Gasteiger partial charge on any atom is -0.497 e. The number of ether oxygens (including phenoxy) is 3. The Morgan fingerprint density at radius 2 is 1.71 bits per heavy atom. The van der Waals surface area contributed by atoms with Gasteiger partial charge in [-0.15, -0.1) is 4.98 Å². The highest BCUT2D eigenvalue weighted by Gasteiger charge is 2.08. The van der Waals surface area contributed by atoms with E-state index in [1.807, 2.05) is 31.2 Å². The van der Waals surface area contributed by atoms with Gasteiger partial charge in [-0.3, -0.25) is 5.43 Å². The second kappa shape index (κ2) is 7.25. The molecule has 2 aromatic rings. The molecule has 1 aromatic heterocycles. The molecule has 0 spiro atoms. The van der Waals surface area contributed by atoms with E-state index in [4.69, 9.17) is 20.1 Å². The number of hydrazine groups is 1. The average Bonchev–Trinajstić information content (AvgIpc) is 2.53. The van der Waals surface area contributed by atoms with Crippen molar-refractivity contribution in [3.63, 3.8) is 0 Å². The van der Waals surface area contributed by atoms with Crippen LogP contribution in [0.25, 0.3) is 0 Å². The minimum atomic E-state index is 0.136. The zero-order chi connectivity index (χ0) is 15.1. The third kappa shape index (κ3) is 4.18. The number of nitrogens with zero attached hydrogens (tertiary/aromatic N) is 3. The number of rotatable bonds is 7. The lowest BCUT2D eigenvalue weighted by Crippen LogP contribution is -2.13. The largest absolute Gasteiger partial charge is 0.497 e. The third-order valence-electron chi connectivity index (χ3n) is 2.52. The second-order valence-electron chi connectivity index (χ2n) is 3.94. The first kappa shape index (κ1) is 14.8.